The summed E-state index contributed by atoms with van der Waals surface area (Å²) in [6.07, 6.45) is 1.39. The lowest BCUT2D eigenvalue weighted by molar-refractivity contribution is -0.384. The van der Waals surface area contributed by atoms with Gasteiger partial charge >= 0.3 is 0 Å². The van der Waals surface area contributed by atoms with Crippen LogP contribution in [0.1, 0.15) is 18.4 Å². The zero-order valence-corrected chi connectivity index (χ0v) is 9.58. The molecule has 0 radical (unpaired) electrons. The van der Waals surface area contributed by atoms with Crippen LogP contribution in [0.2, 0.25) is 0 Å². The van der Waals surface area contributed by atoms with Crippen LogP contribution in [-0.4, -0.2) is 34.1 Å². The van der Waals surface area contributed by atoms with Crippen molar-refractivity contribution in [2.45, 2.75) is 25.5 Å². The Kier molecular flexibility index (Phi) is 3.71. The van der Waals surface area contributed by atoms with Crippen LogP contribution in [-0.2, 0) is 6.54 Å². The Morgan fingerprint density at radius 2 is 2.12 bits per heavy atom. The Morgan fingerprint density at radius 1 is 1.41 bits per heavy atom. The number of likely N-dealkylation sites (tertiary alicyclic amines) is 1. The van der Waals surface area contributed by atoms with Crippen molar-refractivity contribution in [3.05, 3.63) is 39.9 Å². The Hall–Kier alpha value is -1.46. The van der Waals surface area contributed by atoms with Crippen molar-refractivity contribution in [3.8, 4) is 0 Å². The van der Waals surface area contributed by atoms with Gasteiger partial charge in [-0.1, -0.05) is 12.1 Å². The smallest absolute Gasteiger partial charge is 0.269 e. The standard InChI is InChI=1S/C12H16N2O3/c15-12-4-6-13(7-5-12)9-10-2-1-3-11(8-10)14(16)17/h1-3,8,12,15H,4-7,9H2. The molecule has 1 heterocycles. The molecule has 0 aromatic heterocycles. The summed E-state index contributed by atoms with van der Waals surface area (Å²) >= 11 is 0. The second kappa shape index (κ2) is 5.25. The summed E-state index contributed by atoms with van der Waals surface area (Å²) in [5.74, 6) is 0. The molecule has 0 spiro atoms. The highest BCUT2D eigenvalue weighted by atomic mass is 16.6. The van der Waals surface area contributed by atoms with Crippen molar-refractivity contribution in [1.82, 2.24) is 4.90 Å². The quantitative estimate of drug-likeness (QED) is 0.638. The van der Waals surface area contributed by atoms with E-state index in [0.717, 1.165) is 31.5 Å². The highest BCUT2D eigenvalue weighted by molar-refractivity contribution is 5.34. The van der Waals surface area contributed by atoms with Gasteiger partial charge in [-0.2, -0.15) is 0 Å². The number of rotatable bonds is 3. The van der Waals surface area contributed by atoms with E-state index < -0.39 is 0 Å². The third-order valence-corrected chi connectivity index (χ3v) is 3.08. The molecular formula is C12H16N2O3. The number of hydrogen-bond donors (Lipinski definition) is 1. The molecule has 0 unspecified atom stereocenters. The van der Waals surface area contributed by atoms with Crippen molar-refractivity contribution in [2.75, 3.05) is 13.1 Å². The van der Waals surface area contributed by atoms with Crippen molar-refractivity contribution >= 4 is 5.69 Å². The van der Waals surface area contributed by atoms with E-state index in [0.29, 0.717) is 6.54 Å². The maximum Gasteiger partial charge on any atom is 0.269 e. The Balaban J connectivity index is 1.98. The fourth-order valence-corrected chi connectivity index (χ4v) is 2.10. The Bertz CT molecular complexity index is 400. The molecule has 1 saturated heterocycles. The van der Waals surface area contributed by atoms with Gasteiger partial charge in [0.25, 0.3) is 5.69 Å². The largest absolute Gasteiger partial charge is 0.393 e. The van der Waals surface area contributed by atoms with Crippen LogP contribution >= 0.6 is 0 Å². The Morgan fingerprint density at radius 3 is 2.76 bits per heavy atom. The second-order valence-corrected chi connectivity index (χ2v) is 4.43. The minimum Gasteiger partial charge on any atom is -0.393 e. The zero-order valence-electron chi connectivity index (χ0n) is 9.58. The molecule has 0 aliphatic carbocycles. The van der Waals surface area contributed by atoms with Crippen LogP contribution in [0.15, 0.2) is 24.3 Å². The summed E-state index contributed by atoms with van der Waals surface area (Å²) in [4.78, 5) is 12.5. The zero-order chi connectivity index (χ0) is 12.3. The van der Waals surface area contributed by atoms with Gasteiger partial charge in [-0.3, -0.25) is 15.0 Å². The van der Waals surface area contributed by atoms with Gasteiger partial charge in [0.05, 0.1) is 11.0 Å². The topological polar surface area (TPSA) is 66.6 Å². The number of hydrogen-bond acceptors (Lipinski definition) is 4. The monoisotopic (exact) mass is 236 g/mol. The van der Waals surface area contributed by atoms with Crippen LogP contribution in [0.4, 0.5) is 5.69 Å². The molecule has 1 N–H and O–H groups in total. The molecule has 2 rings (SSSR count). The minimum absolute atomic E-state index is 0.138. The van der Waals surface area contributed by atoms with Gasteiger partial charge in [-0.25, -0.2) is 0 Å². The number of non-ortho nitro benzene ring substituents is 1. The lowest BCUT2D eigenvalue weighted by Crippen LogP contribution is -2.35. The van der Waals surface area contributed by atoms with Gasteiger partial charge < -0.3 is 5.11 Å². The van der Waals surface area contributed by atoms with Crippen molar-refractivity contribution in [1.29, 1.82) is 0 Å². The van der Waals surface area contributed by atoms with Crippen LogP contribution in [0.5, 0.6) is 0 Å². The van der Waals surface area contributed by atoms with Gasteiger partial charge in [0.2, 0.25) is 0 Å². The fraction of sp³-hybridized carbons (Fsp3) is 0.500. The number of nitro groups is 1. The van der Waals surface area contributed by atoms with E-state index in [1.54, 1.807) is 12.1 Å². The molecule has 5 heteroatoms. The predicted molar refractivity (Wildman–Crippen MR) is 63.6 cm³/mol. The van der Waals surface area contributed by atoms with Crippen molar-refractivity contribution < 1.29 is 10.0 Å². The second-order valence-electron chi connectivity index (χ2n) is 4.43. The molecule has 92 valence electrons. The van der Waals surface area contributed by atoms with E-state index in [9.17, 15) is 15.2 Å². The van der Waals surface area contributed by atoms with Gasteiger partial charge in [-0.05, 0) is 18.4 Å². The molecule has 1 fully saturated rings. The van der Waals surface area contributed by atoms with Crippen molar-refractivity contribution in [3.63, 3.8) is 0 Å². The lowest BCUT2D eigenvalue weighted by atomic mass is 10.1. The average Bonchev–Trinajstić information content (AvgIpc) is 2.32. The van der Waals surface area contributed by atoms with E-state index in [4.69, 9.17) is 0 Å². The van der Waals surface area contributed by atoms with E-state index in [1.807, 2.05) is 6.07 Å². The SMILES string of the molecule is O=[N+]([O-])c1cccc(CN2CCC(O)CC2)c1. The molecule has 1 aromatic rings. The first-order valence-corrected chi connectivity index (χ1v) is 5.79. The van der Waals surface area contributed by atoms with E-state index in [-0.39, 0.29) is 16.7 Å². The normalized spacial score (nSPS) is 18.2. The summed E-state index contributed by atoms with van der Waals surface area (Å²) in [6.45, 7) is 2.42. The lowest BCUT2D eigenvalue weighted by Gasteiger charge is -2.29. The molecule has 0 bridgehead atoms. The van der Waals surface area contributed by atoms with Gasteiger partial charge in [0, 0.05) is 31.8 Å². The molecule has 1 aliphatic rings. The Labute approximate surface area is 99.8 Å². The first kappa shape index (κ1) is 12.0. The van der Waals surface area contributed by atoms with Crippen LogP contribution in [0, 0.1) is 10.1 Å². The van der Waals surface area contributed by atoms with Crippen LogP contribution in [0.3, 0.4) is 0 Å². The number of aliphatic hydroxyl groups excluding tert-OH is 1. The summed E-state index contributed by atoms with van der Waals surface area (Å²) in [6, 6.07) is 6.73. The number of nitro benzene ring substituents is 1. The molecule has 1 aliphatic heterocycles. The molecular weight excluding hydrogens is 220 g/mol. The molecule has 0 atom stereocenters. The van der Waals surface area contributed by atoms with Crippen LogP contribution < -0.4 is 0 Å². The number of aliphatic hydroxyl groups is 1. The average molecular weight is 236 g/mol. The predicted octanol–water partition coefficient (Wildman–Crippen LogP) is 1.55. The third kappa shape index (κ3) is 3.25. The maximum atomic E-state index is 10.6. The minimum atomic E-state index is -0.372. The van der Waals surface area contributed by atoms with Gasteiger partial charge in [0.1, 0.15) is 0 Å². The highest BCUT2D eigenvalue weighted by Gasteiger charge is 2.17. The number of nitrogens with zero attached hydrogens (tertiary/aromatic N) is 2. The summed E-state index contributed by atoms with van der Waals surface area (Å²) < 4.78 is 0. The van der Waals surface area contributed by atoms with Crippen molar-refractivity contribution in [2.24, 2.45) is 0 Å². The fourth-order valence-electron chi connectivity index (χ4n) is 2.10. The van der Waals surface area contributed by atoms with E-state index in [2.05, 4.69) is 4.90 Å². The number of benzene rings is 1. The molecule has 5 nitrogen and oxygen atoms in total. The van der Waals surface area contributed by atoms with Crippen LogP contribution in [0.25, 0.3) is 0 Å². The maximum absolute atomic E-state index is 10.6. The molecule has 0 amide bonds. The molecule has 1 aromatic carbocycles. The molecule has 17 heavy (non-hydrogen) atoms. The van der Waals surface area contributed by atoms with Gasteiger partial charge in [0.15, 0.2) is 0 Å². The summed E-state index contributed by atoms with van der Waals surface area (Å²) in [5.41, 5.74) is 1.09. The first-order valence-electron chi connectivity index (χ1n) is 5.79. The highest BCUT2D eigenvalue weighted by Crippen LogP contribution is 2.17. The first-order chi connectivity index (χ1) is 8.15. The van der Waals surface area contributed by atoms with Gasteiger partial charge in [-0.15, -0.1) is 0 Å². The number of piperidine rings is 1. The summed E-state index contributed by atoms with van der Waals surface area (Å²) in [7, 11) is 0. The summed E-state index contributed by atoms with van der Waals surface area (Å²) in [5, 5.41) is 20.0. The third-order valence-electron chi connectivity index (χ3n) is 3.08. The molecule has 0 saturated carbocycles. The van der Waals surface area contributed by atoms with E-state index >= 15 is 0 Å². The van der Waals surface area contributed by atoms with E-state index in [1.165, 1.54) is 6.07 Å².